The predicted molar refractivity (Wildman–Crippen MR) is 159 cm³/mol. The van der Waals surface area contributed by atoms with E-state index in [0.29, 0.717) is 30.5 Å². The number of oxime groups is 1. The maximum atomic E-state index is 12.7. The van der Waals surface area contributed by atoms with Crippen LogP contribution in [0.2, 0.25) is 0 Å². The molecule has 0 spiro atoms. The van der Waals surface area contributed by atoms with Gasteiger partial charge in [0.15, 0.2) is 5.78 Å². The molecule has 2 aromatic rings. The molecular formula is C30H37N5O7. The average molecular weight is 580 g/mol. The zero-order valence-electron chi connectivity index (χ0n) is 24.6. The number of carbonyl (C=O) groups is 2. The third-order valence-corrected chi connectivity index (χ3v) is 7.51. The van der Waals surface area contributed by atoms with Crippen LogP contribution >= 0.6 is 0 Å². The molecular weight excluding hydrogens is 542 g/mol. The molecule has 0 aromatic heterocycles. The summed E-state index contributed by atoms with van der Waals surface area (Å²) in [5.41, 5.74) is 0.737. The van der Waals surface area contributed by atoms with Crippen LogP contribution in [-0.4, -0.2) is 45.7 Å². The zero-order chi connectivity index (χ0) is 31.1. The lowest BCUT2D eigenvalue weighted by molar-refractivity contribution is -0.385. The van der Waals surface area contributed by atoms with Gasteiger partial charge in [0.1, 0.15) is 0 Å². The minimum atomic E-state index is -0.756. The zero-order valence-corrected chi connectivity index (χ0v) is 24.6. The number of benzene rings is 2. The first-order chi connectivity index (χ1) is 19.7. The van der Waals surface area contributed by atoms with Crippen molar-refractivity contribution in [1.29, 1.82) is 0 Å². The van der Waals surface area contributed by atoms with E-state index in [2.05, 4.69) is 36.2 Å². The summed E-state index contributed by atoms with van der Waals surface area (Å²) in [5, 5.41) is 29.3. The quantitative estimate of drug-likeness (QED) is 0.139. The number of hydrogen-bond donors (Lipinski definition) is 1. The number of para-hydroxylation sites is 2. The van der Waals surface area contributed by atoms with Gasteiger partial charge in [0.05, 0.1) is 33.2 Å². The van der Waals surface area contributed by atoms with E-state index in [1.165, 1.54) is 25.1 Å². The molecule has 12 heteroatoms. The number of nitrogens with one attached hydrogen (secondary N) is 1. The van der Waals surface area contributed by atoms with Crippen LogP contribution in [0.5, 0.6) is 0 Å². The molecule has 0 heterocycles. The van der Waals surface area contributed by atoms with Crippen molar-refractivity contribution in [1.82, 2.24) is 5.32 Å². The molecule has 3 rings (SSSR count). The number of carbonyl (C=O) groups excluding carboxylic acids is 2. The molecule has 2 atom stereocenters. The topological polar surface area (TPSA) is 166 Å². The monoisotopic (exact) mass is 579 g/mol. The van der Waals surface area contributed by atoms with Crippen molar-refractivity contribution < 1.29 is 24.3 Å². The number of Topliss-reactive ketones (excluding diaryl/α,β-unsaturated/α-hetero) is 1. The van der Waals surface area contributed by atoms with Crippen LogP contribution in [0.1, 0.15) is 77.8 Å². The molecule has 2 unspecified atom stereocenters. The van der Waals surface area contributed by atoms with E-state index in [-0.39, 0.29) is 58.3 Å². The van der Waals surface area contributed by atoms with Gasteiger partial charge in [-0.3, -0.25) is 34.9 Å². The Kier molecular flexibility index (Phi) is 10.3. The molecule has 0 bridgehead atoms. The van der Waals surface area contributed by atoms with Crippen LogP contribution in [0, 0.1) is 31.1 Å². The molecule has 12 nitrogen and oxygen atoms in total. The number of aliphatic imine (C=N–C) groups is 1. The van der Waals surface area contributed by atoms with Crippen LogP contribution in [0.25, 0.3) is 0 Å². The molecule has 1 fully saturated rings. The summed E-state index contributed by atoms with van der Waals surface area (Å²) in [7, 11) is 0. The predicted octanol–water partition coefficient (Wildman–Crippen LogP) is 6.40. The van der Waals surface area contributed by atoms with Crippen molar-refractivity contribution in [2.75, 3.05) is 6.54 Å². The maximum Gasteiger partial charge on any atom is 0.433 e. The first-order valence-electron chi connectivity index (χ1n) is 13.7. The standard InChI is InChI=1S/C30H37N5O7/c1-20(24-10-6-8-12-26(24)34(38)39)31-18-23(36)14-15-30(5)17-22(16-29(3,4)19-30)32-28(37)42-33-21(2)25-11-7-9-13-27(25)35(40)41/h6-13,22H,14-19H2,1-5H3,(H,32,37)/b31-20?,33-21+. The van der Waals surface area contributed by atoms with E-state index in [0.717, 1.165) is 6.42 Å². The second-order valence-corrected chi connectivity index (χ2v) is 11.9. The molecule has 1 N–H and O–H groups in total. The largest absolute Gasteiger partial charge is 0.433 e. The van der Waals surface area contributed by atoms with E-state index in [4.69, 9.17) is 4.84 Å². The Balaban J connectivity index is 1.59. The molecule has 0 radical (unpaired) electrons. The van der Waals surface area contributed by atoms with Crippen molar-refractivity contribution in [3.05, 3.63) is 79.9 Å². The Bertz CT molecular complexity index is 1420. The van der Waals surface area contributed by atoms with Gasteiger partial charge >= 0.3 is 6.09 Å². The number of hydrogen-bond acceptors (Lipinski definition) is 9. The van der Waals surface area contributed by atoms with Crippen LogP contribution < -0.4 is 5.32 Å². The van der Waals surface area contributed by atoms with E-state index in [1.54, 1.807) is 37.3 Å². The van der Waals surface area contributed by atoms with E-state index >= 15 is 0 Å². The van der Waals surface area contributed by atoms with Crippen LogP contribution in [0.4, 0.5) is 16.2 Å². The van der Waals surface area contributed by atoms with Crippen molar-refractivity contribution in [3.8, 4) is 0 Å². The Morgan fingerprint density at radius 3 is 2.05 bits per heavy atom. The number of amides is 1. The summed E-state index contributed by atoms with van der Waals surface area (Å²) in [6.07, 6.45) is 2.32. The number of nitro groups is 2. The summed E-state index contributed by atoms with van der Waals surface area (Å²) in [6.45, 7) is 9.44. The number of nitrogens with zero attached hydrogens (tertiary/aromatic N) is 4. The van der Waals surface area contributed by atoms with Crippen molar-refractivity contribution >= 4 is 34.7 Å². The molecule has 1 aliphatic carbocycles. The Morgan fingerprint density at radius 1 is 0.929 bits per heavy atom. The number of rotatable bonds is 11. The summed E-state index contributed by atoms with van der Waals surface area (Å²) < 4.78 is 0. The Labute approximate surface area is 244 Å². The van der Waals surface area contributed by atoms with Gasteiger partial charge in [-0.25, -0.2) is 4.79 Å². The first kappa shape index (κ1) is 32.0. The first-order valence-corrected chi connectivity index (χ1v) is 13.7. The smallest absolute Gasteiger partial charge is 0.317 e. The number of nitro benzene ring substituents is 2. The second kappa shape index (κ2) is 13.5. The van der Waals surface area contributed by atoms with Crippen LogP contribution in [-0.2, 0) is 9.63 Å². The van der Waals surface area contributed by atoms with Gasteiger partial charge in [-0.15, -0.1) is 0 Å². The minimum absolute atomic E-state index is 0.0533. The lowest BCUT2D eigenvalue weighted by atomic mass is 9.61. The van der Waals surface area contributed by atoms with Gasteiger partial charge in [0, 0.05) is 30.3 Å². The minimum Gasteiger partial charge on any atom is -0.317 e. The molecule has 0 aliphatic heterocycles. The Morgan fingerprint density at radius 2 is 1.48 bits per heavy atom. The average Bonchev–Trinajstić information content (AvgIpc) is 2.92. The van der Waals surface area contributed by atoms with E-state index in [9.17, 15) is 29.8 Å². The lowest BCUT2D eigenvalue weighted by Crippen LogP contribution is -2.47. The van der Waals surface area contributed by atoms with E-state index in [1.807, 2.05) is 0 Å². The SMILES string of the molecule is CC(=NCC(=O)CCC1(C)CC(NC(=O)O/N=C(\C)c2ccccc2[N+](=O)[O-])CC(C)(C)C1)c1ccccc1[N+](=O)[O-]. The Hall–Kier alpha value is -4.48. The van der Waals surface area contributed by atoms with Crippen molar-refractivity contribution in [2.45, 2.75) is 72.8 Å². The third-order valence-electron chi connectivity index (χ3n) is 7.51. The van der Waals surface area contributed by atoms with Gasteiger partial charge in [-0.05, 0) is 62.5 Å². The van der Waals surface area contributed by atoms with Gasteiger partial charge in [0.25, 0.3) is 11.4 Å². The molecule has 1 saturated carbocycles. The van der Waals surface area contributed by atoms with Crippen LogP contribution in [0.15, 0.2) is 58.7 Å². The highest BCUT2D eigenvalue weighted by atomic mass is 16.7. The summed E-state index contributed by atoms with van der Waals surface area (Å²) in [6, 6.07) is 12.2. The fraction of sp³-hybridized carbons (Fsp3) is 0.467. The van der Waals surface area contributed by atoms with Crippen molar-refractivity contribution in [3.63, 3.8) is 0 Å². The molecule has 1 aliphatic rings. The molecule has 1 amide bonds. The van der Waals surface area contributed by atoms with Crippen LogP contribution in [0.3, 0.4) is 0 Å². The van der Waals surface area contributed by atoms with Gasteiger partial charge in [0.2, 0.25) is 0 Å². The lowest BCUT2D eigenvalue weighted by Gasteiger charge is -2.46. The van der Waals surface area contributed by atoms with Gasteiger partial charge in [-0.2, -0.15) is 0 Å². The normalized spacial score (nSPS) is 20.5. The van der Waals surface area contributed by atoms with Crippen molar-refractivity contribution in [2.24, 2.45) is 21.0 Å². The summed E-state index contributed by atoms with van der Waals surface area (Å²) in [5.74, 6) is -0.0683. The van der Waals surface area contributed by atoms with Gasteiger partial charge < -0.3 is 5.32 Å². The van der Waals surface area contributed by atoms with E-state index < -0.39 is 15.9 Å². The molecule has 0 saturated heterocycles. The molecule has 2 aromatic carbocycles. The third kappa shape index (κ3) is 8.76. The second-order valence-electron chi connectivity index (χ2n) is 11.9. The highest BCUT2D eigenvalue weighted by molar-refractivity contribution is 6.03. The molecule has 42 heavy (non-hydrogen) atoms. The fourth-order valence-electron chi connectivity index (χ4n) is 5.97. The fourth-order valence-corrected chi connectivity index (χ4v) is 5.97. The highest BCUT2D eigenvalue weighted by Crippen LogP contribution is 2.48. The van der Waals surface area contributed by atoms with Gasteiger partial charge in [-0.1, -0.05) is 50.2 Å². The molecule has 224 valence electrons. The summed E-state index contributed by atoms with van der Waals surface area (Å²) in [4.78, 5) is 56.3. The summed E-state index contributed by atoms with van der Waals surface area (Å²) >= 11 is 0. The maximum absolute atomic E-state index is 12.7. The highest BCUT2D eigenvalue weighted by Gasteiger charge is 2.42. The number of ketones is 1.